The molecule has 1 N–H and O–H groups in total. The molecule has 0 fully saturated rings. The molecule has 0 saturated heterocycles. The number of carbonyl (C=O) groups excluding carboxylic acids is 1. The molecule has 0 bridgehead atoms. The molecule has 0 radical (unpaired) electrons. The van der Waals surface area contributed by atoms with Crippen LogP contribution in [0.4, 0.5) is 0 Å². The van der Waals surface area contributed by atoms with Gasteiger partial charge in [-0.15, -0.1) is 0 Å². The monoisotopic (exact) mass is 370 g/mol. The maximum Gasteiger partial charge on any atom is 0.303 e. The Labute approximate surface area is 157 Å². The standard InChI is InChI=1S/C21H22O6/c1-25-13-27-16-5-2-4-14(10-16)18-11-15-7-8-19(22)17(15)12-20(18)26-9-3-6-21(23)24/h2,4-5,10-12H,3,6-9,13H2,1H3,(H,23,24). The van der Waals surface area contributed by atoms with Crippen LogP contribution in [0, 0.1) is 0 Å². The van der Waals surface area contributed by atoms with Crippen LogP contribution in [0.15, 0.2) is 36.4 Å². The second kappa shape index (κ2) is 8.68. The predicted octanol–water partition coefficient (Wildman–Crippen LogP) is 3.71. The summed E-state index contributed by atoms with van der Waals surface area (Å²) in [6.07, 6.45) is 1.67. The van der Waals surface area contributed by atoms with Crippen molar-refractivity contribution in [3.05, 3.63) is 47.5 Å². The summed E-state index contributed by atoms with van der Waals surface area (Å²) in [7, 11) is 1.56. The van der Waals surface area contributed by atoms with Gasteiger partial charge in [0.25, 0.3) is 0 Å². The molecule has 6 nitrogen and oxygen atoms in total. The Morgan fingerprint density at radius 3 is 2.74 bits per heavy atom. The highest BCUT2D eigenvalue weighted by atomic mass is 16.7. The number of ether oxygens (including phenoxy) is 3. The fourth-order valence-corrected chi connectivity index (χ4v) is 3.10. The van der Waals surface area contributed by atoms with Crippen molar-refractivity contribution < 1.29 is 28.9 Å². The van der Waals surface area contributed by atoms with Gasteiger partial charge in [-0.3, -0.25) is 9.59 Å². The maximum atomic E-state index is 12.1. The summed E-state index contributed by atoms with van der Waals surface area (Å²) in [5, 5.41) is 8.78. The van der Waals surface area contributed by atoms with Gasteiger partial charge in [-0.25, -0.2) is 0 Å². The minimum absolute atomic E-state index is 0.0412. The molecule has 0 atom stereocenters. The van der Waals surface area contributed by atoms with Crippen LogP contribution in [0.5, 0.6) is 11.5 Å². The largest absolute Gasteiger partial charge is 0.493 e. The Hall–Kier alpha value is -2.86. The van der Waals surface area contributed by atoms with Gasteiger partial charge in [0, 0.05) is 31.1 Å². The van der Waals surface area contributed by atoms with E-state index in [-0.39, 0.29) is 25.6 Å². The highest BCUT2D eigenvalue weighted by molar-refractivity contribution is 6.01. The topological polar surface area (TPSA) is 82.1 Å². The molecule has 3 rings (SSSR count). The zero-order chi connectivity index (χ0) is 19.2. The second-order valence-corrected chi connectivity index (χ2v) is 6.35. The first kappa shape index (κ1) is 18.9. The lowest BCUT2D eigenvalue weighted by Crippen LogP contribution is -2.04. The number of Topliss-reactive ketones (excluding diaryl/α,β-unsaturated/α-hetero) is 1. The average molecular weight is 370 g/mol. The normalized spacial score (nSPS) is 12.7. The number of carboxylic acids is 1. The van der Waals surface area contributed by atoms with E-state index in [9.17, 15) is 9.59 Å². The van der Waals surface area contributed by atoms with E-state index in [1.54, 1.807) is 13.2 Å². The van der Waals surface area contributed by atoms with E-state index in [2.05, 4.69) is 0 Å². The second-order valence-electron chi connectivity index (χ2n) is 6.35. The van der Waals surface area contributed by atoms with Crippen LogP contribution in [-0.4, -0.2) is 37.4 Å². The molecule has 6 heteroatoms. The van der Waals surface area contributed by atoms with Gasteiger partial charge in [-0.1, -0.05) is 12.1 Å². The summed E-state index contributed by atoms with van der Waals surface area (Å²) in [6.45, 7) is 0.423. The van der Waals surface area contributed by atoms with Crippen molar-refractivity contribution in [3.63, 3.8) is 0 Å². The smallest absolute Gasteiger partial charge is 0.303 e. The number of fused-ring (bicyclic) bond motifs is 1. The Kier molecular flexibility index (Phi) is 6.08. The lowest BCUT2D eigenvalue weighted by Gasteiger charge is -2.15. The predicted molar refractivity (Wildman–Crippen MR) is 99.4 cm³/mol. The Bertz CT molecular complexity index is 843. The summed E-state index contributed by atoms with van der Waals surface area (Å²) < 4.78 is 16.3. The van der Waals surface area contributed by atoms with Crippen molar-refractivity contribution in [2.75, 3.05) is 20.5 Å². The number of carbonyl (C=O) groups is 2. The molecule has 0 spiro atoms. The molecule has 0 aliphatic heterocycles. The Morgan fingerprint density at radius 2 is 1.96 bits per heavy atom. The minimum atomic E-state index is -0.856. The van der Waals surface area contributed by atoms with Crippen LogP contribution in [-0.2, 0) is 16.0 Å². The van der Waals surface area contributed by atoms with Crippen LogP contribution < -0.4 is 9.47 Å². The van der Waals surface area contributed by atoms with E-state index in [4.69, 9.17) is 19.3 Å². The molecule has 27 heavy (non-hydrogen) atoms. The van der Waals surface area contributed by atoms with Gasteiger partial charge in [0.2, 0.25) is 0 Å². The molecular weight excluding hydrogens is 348 g/mol. The van der Waals surface area contributed by atoms with Gasteiger partial charge in [0.1, 0.15) is 11.5 Å². The number of rotatable bonds is 9. The van der Waals surface area contributed by atoms with Gasteiger partial charge < -0.3 is 19.3 Å². The number of aliphatic carboxylic acids is 1. The van der Waals surface area contributed by atoms with Gasteiger partial charge in [-0.05, 0) is 48.2 Å². The summed E-state index contributed by atoms with van der Waals surface area (Å²) in [4.78, 5) is 22.8. The van der Waals surface area contributed by atoms with Crippen molar-refractivity contribution in [2.45, 2.75) is 25.7 Å². The van der Waals surface area contributed by atoms with Crippen LogP contribution in [0.25, 0.3) is 11.1 Å². The molecule has 2 aromatic rings. The summed E-state index contributed by atoms with van der Waals surface area (Å²) >= 11 is 0. The third-order valence-corrected chi connectivity index (χ3v) is 4.41. The van der Waals surface area contributed by atoms with Crippen LogP contribution in [0.2, 0.25) is 0 Å². The molecular formula is C21H22O6. The summed E-state index contributed by atoms with van der Waals surface area (Å²) in [5.74, 6) is 0.510. The van der Waals surface area contributed by atoms with Crippen LogP contribution in [0.1, 0.15) is 35.2 Å². The molecule has 1 aliphatic rings. The first-order chi connectivity index (χ1) is 13.1. The van der Waals surface area contributed by atoms with E-state index in [0.717, 1.165) is 23.1 Å². The maximum absolute atomic E-state index is 12.1. The van der Waals surface area contributed by atoms with E-state index < -0.39 is 5.97 Å². The number of ketones is 1. The fraction of sp³-hybridized carbons (Fsp3) is 0.333. The van der Waals surface area contributed by atoms with E-state index >= 15 is 0 Å². The fourth-order valence-electron chi connectivity index (χ4n) is 3.10. The molecule has 0 saturated carbocycles. The highest BCUT2D eigenvalue weighted by Gasteiger charge is 2.23. The zero-order valence-electron chi connectivity index (χ0n) is 15.2. The third kappa shape index (κ3) is 4.65. The summed E-state index contributed by atoms with van der Waals surface area (Å²) in [5.41, 5.74) is 3.47. The number of aryl methyl sites for hydroxylation is 1. The van der Waals surface area contributed by atoms with Gasteiger partial charge in [-0.2, -0.15) is 0 Å². The van der Waals surface area contributed by atoms with Gasteiger partial charge in [0.15, 0.2) is 12.6 Å². The molecule has 1 aliphatic carbocycles. The first-order valence-corrected chi connectivity index (χ1v) is 8.85. The number of methoxy groups -OCH3 is 1. The van der Waals surface area contributed by atoms with Crippen molar-refractivity contribution in [3.8, 4) is 22.6 Å². The Balaban J connectivity index is 1.90. The number of hydrogen-bond acceptors (Lipinski definition) is 5. The minimum Gasteiger partial charge on any atom is -0.493 e. The number of carboxylic acid groups (broad SMARTS) is 1. The van der Waals surface area contributed by atoms with E-state index in [0.29, 0.717) is 29.9 Å². The van der Waals surface area contributed by atoms with Crippen molar-refractivity contribution in [1.82, 2.24) is 0 Å². The van der Waals surface area contributed by atoms with Crippen molar-refractivity contribution >= 4 is 11.8 Å². The number of hydrogen-bond donors (Lipinski definition) is 1. The molecule has 0 heterocycles. The van der Waals surface area contributed by atoms with Crippen LogP contribution >= 0.6 is 0 Å². The lowest BCUT2D eigenvalue weighted by molar-refractivity contribution is -0.137. The first-order valence-electron chi connectivity index (χ1n) is 8.85. The third-order valence-electron chi connectivity index (χ3n) is 4.41. The van der Waals surface area contributed by atoms with Gasteiger partial charge in [0.05, 0.1) is 6.61 Å². The van der Waals surface area contributed by atoms with E-state index in [1.165, 1.54) is 0 Å². The molecule has 0 aromatic heterocycles. The molecule has 0 amide bonds. The highest BCUT2D eigenvalue weighted by Crippen LogP contribution is 2.37. The van der Waals surface area contributed by atoms with Crippen LogP contribution in [0.3, 0.4) is 0 Å². The van der Waals surface area contributed by atoms with Gasteiger partial charge >= 0.3 is 5.97 Å². The Morgan fingerprint density at radius 1 is 1.11 bits per heavy atom. The molecule has 0 unspecified atom stereocenters. The summed E-state index contributed by atoms with van der Waals surface area (Å²) in [6, 6.07) is 11.3. The van der Waals surface area contributed by atoms with E-state index in [1.807, 2.05) is 30.3 Å². The average Bonchev–Trinajstić information content (AvgIpc) is 3.03. The quantitative estimate of drug-likeness (QED) is 0.535. The number of benzene rings is 2. The molecule has 142 valence electrons. The van der Waals surface area contributed by atoms with Crippen molar-refractivity contribution in [1.29, 1.82) is 0 Å². The van der Waals surface area contributed by atoms with Crippen molar-refractivity contribution in [2.24, 2.45) is 0 Å². The molecule has 2 aromatic carbocycles. The zero-order valence-corrected chi connectivity index (χ0v) is 15.2. The lowest BCUT2D eigenvalue weighted by atomic mass is 9.99. The SMILES string of the molecule is COCOc1cccc(-c2cc3c(cc2OCCCC(=O)O)C(=O)CC3)c1.